The number of fused-ring (bicyclic) bond motifs is 1. The Hall–Kier alpha value is -1.85. The van der Waals surface area contributed by atoms with E-state index in [9.17, 15) is 9.59 Å². The number of amides is 1. The summed E-state index contributed by atoms with van der Waals surface area (Å²) in [5.74, 6) is -0.687. The van der Waals surface area contributed by atoms with Gasteiger partial charge in [0.25, 0.3) is 5.91 Å². The van der Waals surface area contributed by atoms with Crippen LogP contribution in [0.15, 0.2) is 24.3 Å². The highest BCUT2D eigenvalue weighted by Gasteiger charge is 2.28. The number of hydrogen-bond donors (Lipinski definition) is 1. The van der Waals surface area contributed by atoms with Gasteiger partial charge in [-0.15, -0.1) is 11.3 Å². The van der Waals surface area contributed by atoms with Crippen LogP contribution in [0.3, 0.4) is 0 Å². The van der Waals surface area contributed by atoms with E-state index in [0.717, 1.165) is 29.7 Å². The Morgan fingerprint density at radius 3 is 2.86 bits per heavy atom. The zero-order valence-corrected chi connectivity index (χ0v) is 13.5. The Balaban J connectivity index is 1.92. The predicted molar refractivity (Wildman–Crippen MR) is 87.1 cm³/mol. The van der Waals surface area contributed by atoms with Gasteiger partial charge >= 0.3 is 5.97 Å². The van der Waals surface area contributed by atoms with Crippen molar-refractivity contribution in [2.75, 3.05) is 12.4 Å². The third-order valence-electron chi connectivity index (χ3n) is 3.62. The number of thiophene rings is 1. The second-order valence-electron chi connectivity index (χ2n) is 5.02. The second-order valence-corrected chi connectivity index (χ2v) is 6.56. The van der Waals surface area contributed by atoms with Gasteiger partial charge in [0.2, 0.25) is 0 Å². The van der Waals surface area contributed by atoms with Gasteiger partial charge < -0.3 is 10.1 Å². The molecule has 6 heteroatoms. The molecule has 22 heavy (non-hydrogen) atoms. The third-order valence-corrected chi connectivity index (χ3v) is 5.07. The van der Waals surface area contributed by atoms with E-state index >= 15 is 0 Å². The summed E-state index contributed by atoms with van der Waals surface area (Å²) in [6.45, 7) is 0. The van der Waals surface area contributed by atoms with Crippen molar-refractivity contribution in [3.05, 3.63) is 50.9 Å². The van der Waals surface area contributed by atoms with Crippen LogP contribution in [0.2, 0.25) is 5.02 Å². The summed E-state index contributed by atoms with van der Waals surface area (Å²) in [5, 5.41) is 3.87. The molecule has 0 spiro atoms. The summed E-state index contributed by atoms with van der Waals surface area (Å²) in [4.78, 5) is 25.5. The number of carbonyl (C=O) groups is 2. The van der Waals surface area contributed by atoms with Crippen molar-refractivity contribution in [2.24, 2.45) is 0 Å². The van der Waals surface area contributed by atoms with Gasteiger partial charge in [0.1, 0.15) is 5.00 Å². The van der Waals surface area contributed by atoms with Crippen molar-refractivity contribution in [1.29, 1.82) is 0 Å². The molecule has 1 N–H and O–H groups in total. The molecule has 114 valence electrons. The molecule has 1 aliphatic rings. The summed E-state index contributed by atoms with van der Waals surface area (Å²) < 4.78 is 4.86. The molecule has 3 rings (SSSR count). The fourth-order valence-electron chi connectivity index (χ4n) is 2.62. The summed E-state index contributed by atoms with van der Waals surface area (Å²) >= 11 is 7.36. The third kappa shape index (κ3) is 2.74. The molecule has 0 fully saturated rings. The maximum atomic E-state index is 12.3. The zero-order valence-electron chi connectivity index (χ0n) is 11.9. The first kappa shape index (κ1) is 15.1. The van der Waals surface area contributed by atoms with Crippen LogP contribution < -0.4 is 5.32 Å². The van der Waals surface area contributed by atoms with Gasteiger partial charge in [-0.3, -0.25) is 4.79 Å². The van der Waals surface area contributed by atoms with E-state index in [0.29, 0.717) is 21.2 Å². The van der Waals surface area contributed by atoms with Crippen LogP contribution >= 0.6 is 22.9 Å². The van der Waals surface area contributed by atoms with Gasteiger partial charge in [0.05, 0.1) is 12.7 Å². The Kier molecular flexibility index (Phi) is 4.18. The largest absolute Gasteiger partial charge is 0.465 e. The number of anilines is 1. The fourth-order valence-corrected chi connectivity index (χ4v) is 4.08. The molecule has 1 amide bonds. The van der Waals surface area contributed by atoms with Crippen LogP contribution in [0.4, 0.5) is 5.00 Å². The highest BCUT2D eigenvalue weighted by atomic mass is 35.5. The number of benzene rings is 1. The number of rotatable bonds is 3. The SMILES string of the molecule is COC(=O)c1c(NC(=O)c2cccc(Cl)c2)sc2c1CCC2. The maximum Gasteiger partial charge on any atom is 0.341 e. The van der Waals surface area contributed by atoms with E-state index in [1.807, 2.05) is 0 Å². The van der Waals surface area contributed by atoms with Crippen molar-refractivity contribution in [1.82, 2.24) is 0 Å². The lowest BCUT2D eigenvalue weighted by molar-refractivity contribution is 0.0601. The van der Waals surface area contributed by atoms with E-state index in [1.165, 1.54) is 18.4 Å². The summed E-state index contributed by atoms with van der Waals surface area (Å²) in [6, 6.07) is 6.70. The zero-order chi connectivity index (χ0) is 15.7. The summed E-state index contributed by atoms with van der Waals surface area (Å²) in [7, 11) is 1.35. The van der Waals surface area contributed by atoms with Crippen LogP contribution in [-0.2, 0) is 17.6 Å². The smallest absolute Gasteiger partial charge is 0.341 e. The van der Waals surface area contributed by atoms with E-state index in [4.69, 9.17) is 16.3 Å². The van der Waals surface area contributed by atoms with Gasteiger partial charge in [-0.1, -0.05) is 17.7 Å². The topological polar surface area (TPSA) is 55.4 Å². The normalized spacial score (nSPS) is 12.8. The van der Waals surface area contributed by atoms with Crippen LogP contribution in [0, 0.1) is 0 Å². The predicted octanol–water partition coefficient (Wildman–Crippen LogP) is 3.93. The molecule has 0 aliphatic heterocycles. The molecule has 0 radical (unpaired) electrons. The quantitative estimate of drug-likeness (QED) is 0.865. The fraction of sp³-hybridized carbons (Fsp3) is 0.250. The molecule has 1 aromatic heterocycles. The molecule has 2 aromatic rings. The van der Waals surface area contributed by atoms with Crippen LogP contribution in [0.5, 0.6) is 0 Å². The average molecular weight is 336 g/mol. The van der Waals surface area contributed by atoms with Crippen LogP contribution in [0.1, 0.15) is 37.6 Å². The molecule has 0 saturated carbocycles. The van der Waals surface area contributed by atoms with E-state index in [2.05, 4.69) is 5.32 Å². The number of carbonyl (C=O) groups excluding carboxylic acids is 2. The Morgan fingerprint density at radius 2 is 2.14 bits per heavy atom. The Bertz CT molecular complexity index is 754. The maximum absolute atomic E-state index is 12.3. The monoisotopic (exact) mass is 335 g/mol. The highest BCUT2D eigenvalue weighted by molar-refractivity contribution is 7.17. The van der Waals surface area contributed by atoms with Gasteiger partial charge in [0.15, 0.2) is 0 Å². The molecular weight excluding hydrogens is 322 g/mol. The van der Waals surface area contributed by atoms with E-state index in [-0.39, 0.29) is 5.91 Å². The van der Waals surface area contributed by atoms with Gasteiger partial charge in [-0.05, 0) is 43.0 Å². The van der Waals surface area contributed by atoms with Crippen LogP contribution in [0.25, 0.3) is 0 Å². The van der Waals surface area contributed by atoms with Gasteiger partial charge in [-0.25, -0.2) is 4.79 Å². The van der Waals surface area contributed by atoms with Crippen molar-refractivity contribution in [3.8, 4) is 0 Å². The molecule has 1 aromatic carbocycles. The standard InChI is InChI=1S/C16H14ClNO3S/c1-21-16(20)13-11-6-3-7-12(11)22-15(13)18-14(19)9-4-2-5-10(17)8-9/h2,4-5,8H,3,6-7H2,1H3,(H,18,19). The number of esters is 1. The lowest BCUT2D eigenvalue weighted by Gasteiger charge is -2.07. The number of nitrogens with one attached hydrogen (secondary N) is 1. The molecule has 0 atom stereocenters. The number of halogens is 1. The van der Waals surface area contributed by atoms with Crippen molar-refractivity contribution < 1.29 is 14.3 Å². The molecule has 1 aliphatic carbocycles. The van der Waals surface area contributed by atoms with E-state index < -0.39 is 5.97 Å². The minimum absolute atomic E-state index is 0.285. The number of ether oxygens (including phenoxy) is 1. The second kappa shape index (κ2) is 6.10. The number of hydrogen-bond acceptors (Lipinski definition) is 4. The van der Waals surface area contributed by atoms with Crippen molar-refractivity contribution in [2.45, 2.75) is 19.3 Å². The van der Waals surface area contributed by atoms with Gasteiger partial charge in [-0.2, -0.15) is 0 Å². The molecular formula is C16H14ClNO3S. The summed E-state index contributed by atoms with van der Waals surface area (Å²) in [6.07, 6.45) is 2.83. The van der Waals surface area contributed by atoms with E-state index in [1.54, 1.807) is 24.3 Å². The van der Waals surface area contributed by atoms with Crippen molar-refractivity contribution >= 4 is 39.8 Å². The number of aryl methyl sites for hydroxylation is 1. The Labute approximate surface area is 137 Å². The highest BCUT2D eigenvalue weighted by Crippen LogP contribution is 2.39. The molecule has 4 nitrogen and oxygen atoms in total. The van der Waals surface area contributed by atoms with Crippen LogP contribution in [-0.4, -0.2) is 19.0 Å². The lowest BCUT2D eigenvalue weighted by atomic mass is 10.1. The molecule has 0 unspecified atom stereocenters. The summed E-state index contributed by atoms with van der Waals surface area (Å²) in [5.41, 5.74) is 1.96. The molecule has 0 saturated heterocycles. The Morgan fingerprint density at radius 1 is 1.32 bits per heavy atom. The average Bonchev–Trinajstić information content (AvgIpc) is 3.07. The minimum atomic E-state index is -0.402. The number of methoxy groups -OCH3 is 1. The lowest BCUT2D eigenvalue weighted by Crippen LogP contribution is -2.14. The molecule has 1 heterocycles. The van der Waals surface area contributed by atoms with Gasteiger partial charge in [0, 0.05) is 15.5 Å². The first-order valence-corrected chi connectivity index (χ1v) is 8.09. The first-order chi connectivity index (χ1) is 10.6. The minimum Gasteiger partial charge on any atom is -0.465 e. The van der Waals surface area contributed by atoms with Crippen molar-refractivity contribution in [3.63, 3.8) is 0 Å². The molecule has 0 bridgehead atoms. The first-order valence-electron chi connectivity index (χ1n) is 6.90.